The molecular weight excluding hydrogens is 302 g/mol. The maximum atomic E-state index is 12.6. The Kier molecular flexibility index (Phi) is 3.91. The lowest BCUT2D eigenvalue weighted by Crippen LogP contribution is -2.26. The zero-order valence-electron chi connectivity index (χ0n) is 14.0. The highest BCUT2D eigenvalue weighted by Crippen LogP contribution is 2.49. The molecule has 1 aromatic heterocycles. The summed E-state index contributed by atoms with van der Waals surface area (Å²) in [4.78, 5) is 28.0. The average Bonchev–Trinajstić information content (AvgIpc) is 3.28. The highest BCUT2D eigenvalue weighted by atomic mass is 16.5. The maximum Gasteiger partial charge on any atom is 0.306 e. The van der Waals surface area contributed by atoms with E-state index >= 15 is 0 Å². The van der Waals surface area contributed by atoms with E-state index in [2.05, 4.69) is 4.98 Å². The van der Waals surface area contributed by atoms with Crippen molar-refractivity contribution < 1.29 is 14.3 Å². The zero-order valence-corrected chi connectivity index (χ0v) is 14.0. The molecule has 4 unspecified atom stereocenters. The van der Waals surface area contributed by atoms with Crippen molar-refractivity contribution in [3.05, 3.63) is 36.0 Å². The minimum atomic E-state index is -0.740. The second-order valence-corrected chi connectivity index (χ2v) is 7.38. The lowest BCUT2D eigenvalue weighted by Gasteiger charge is -2.21. The Morgan fingerprint density at radius 1 is 1.25 bits per heavy atom. The standard InChI is InChI=1S/C20H23NO3/c1-12(20(23)17-11-21-18-5-3-2-4-16(17)18)24-19(22)10-15-9-13-6-7-14(15)8-13/h2-5,11-15,21H,6-10H2,1H3. The molecule has 0 radical (unpaired) electrons. The number of hydrogen-bond donors (Lipinski definition) is 1. The number of nitrogens with one attached hydrogen (secondary N) is 1. The lowest BCUT2D eigenvalue weighted by atomic mass is 9.86. The van der Waals surface area contributed by atoms with Crippen LogP contribution in [0.5, 0.6) is 0 Å². The number of para-hydroxylation sites is 1. The summed E-state index contributed by atoms with van der Waals surface area (Å²) in [5.41, 5.74) is 1.51. The highest BCUT2D eigenvalue weighted by molar-refractivity contribution is 6.10. The summed E-state index contributed by atoms with van der Waals surface area (Å²) in [6, 6.07) is 7.66. The molecule has 0 amide bonds. The summed E-state index contributed by atoms with van der Waals surface area (Å²) in [5, 5.41) is 0.874. The molecule has 1 heterocycles. The van der Waals surface area contributed by atoms with Crippen LogP contribution in [-0.2, 0) is 9.53 Å². The van der Waals surface area contributed by atoms with Crippen molar-refractivity contribution in [1.29, 1.82) is 0 Å². The van der Waals surface area contributed by atoms with Crippen LogP contribution in [0.15, 0.2) is 30.5 Å². The number of aromatic amines is 1. The SMILES string of the molecule is CC(OC(=O)CC1CC2CCC1C2)C(=O)c1c[nH]c2ccccc12. The molecule has 126 valence electrons. The van der Waals surface area contributed by atoms with Gasteiger partial charge in [0.05, 0.1) is 0 Å². The summed E-state index contributed by atoms with van der Waals surface area (Å²) in [6.07, 6.45) is 6.44. The average molecular weight is 325 g/mol. The first-order valence-corrected chi connectivity index (χ1v) is 8.91. The van der Waals surface area contributed by atoms with Gasteiger partial charge < -0.3 is 9.72 Å². The number of ether oxygens (including phenoxy) is 1. The topological polar surface area (TPSA) is 59.2 Å². The molecule has 2 bridgehead atoms. The number of Topliss-reactive ketones (excluding diaryl/α,β-unsaturated/α-hetero) is 1. The molecule has 0 saturated heterocycles. The maximum absolute atomic E-state index is 12.6. The Morgan fingerprint density at radius 3 is 2.83 bits per heavy atom. The van der Waals surface area contributed by atoms with Gasteiger partial charge in [-0.3, -0.25) is 9.59 Å². The van der Waals surface area contributed by atoms with E-state index < -0.39 is 6.10 Å². The molecule has 4 heteroatoms. The van der Waals surface area contributed by atoms with Crippen LogP contribution in [0.25, 0.3) is 10.9 Å². The first-order chi connectivity index (χ1) is 11.6. The number of fused-ring (bicyclic) bond motifs is 3. The Bertz CT molecular complexity index is 778. The summed E-state index contributed by atoms with van der Waals surface area (Å²) >= 11 is 0. The first kappa shape index (κ1) is 15.4. The van der Waals surface area contributed by atoms with Gasteiger partial charge in [0.2, 0.25) is 5.78 Å². The highest BCUT2D eigenvalue weighted by Gasteiger charge is 2.40. The van der Waals surface area contributed by atoms with E-state index in [4.69, 9.17) is 4.74 Å². The zero-order chi connectivity index (χ0) is 16.7. The van der Waals surface area contributed by atoms with E-state index in [0.717, 1.165) is 23.2 Å². The third-order valence-electron chi connectivity index (χ3n) is 5.85. The van der Waals surface area contributed by atoms with Crippen LogP contribution in [-0.4, -0.2) is 22.8 Å². The van der Waals surface area contributed by atoms with Gasteiger partial charge in [-0.15, -0.1) is 0 Å². The summed E-state index contributed by atoms with van der Waals surface area (Å²) in [5.74, 6) is 1.61. The number of carbonyl (C=O) groups excluding carboxylic acids is 2. The molecule has 0 spiro atoms. The van der Waals surface area contributed by atoms with E-state index in [9.17, 15) is 9.59 Å². The van der Waals surface area contributed by atoms with Crippen molar-refractivity contribution in [1.82, 2.24) is 4.98 Å². The molecule has 4 rings (SSSR count). The Balaban J connectivity index is 1.39. The summed E-state index contributed by atoms with van der Waals surface area (Å²) in [7, 11) is 0. The van der Waals surface area contributed by atoms with Crippen molar-refractivity contribution in [2.24, 2.45) is 17.8 Å². The molecule has 2 saturated carbocycles. The van der Waals surface area contributed by atoms with Gasteiger partial charge in [-0.05, 0) is 50.0 Å². The van der Waals surface area contributed by atoms with Gasteiger partial charge in [0.25, 0.3) is 0 Å². The molecule has 2 aliphatic carbocycles. The quantitative estimate of drug-likeness (QED) is 0.665. The molecular formula is C20H23NO3. The normalized spacial score (nSPS) is 26.6. The summed E-state index contributed by atoms with van der Waals surface area (Å²) in [6.45, 7) is 1.67. The van der Waals surface area contributed by atoms with E-state index in [0.29, 0.717) is 23.8 Å². The largest absolute Gasteiger partial charge is 0.454 e. The third-order valence-corrected chi connectivity index (χ3v) is 5.85. The minimum Gasteiger partial charge on any atom is -0.454 e. The van der Waals surface area contributed by atoms with Crippen LogP contribution in [0, 0.1) is 17.8 Å². The first-order valence-electron chi connectivity index (χ1n) is 8.91. The van der Waals surface area contributed by atoms with E-state index in [1.807, 2.05) is 24.3 Å². The van der Waals surface area contributed by atoms with Crippen LogP contribution in [0.1, 0.15) is 49.4 Å². The number of H-pyrrole nitrogens is 1. The van der Waals surface area contributed by atoms with Crippen molar-refractivity contribution in [2.45, 2.75) is 45.1 Å². The monoisotopic (exact) mass is 325 g/mol. The van der Waals surface area contributed by atoms with Crippen molar-refractivity contribution in [2.75, 3.05) is 0 Å². The number of aromatic nitrogens is 1. The van der Waals surface area contributed by atoms with Gasteiger partial charge in [-0.2, -0.15) is 0 Å². The van der Waals surface area contributed by atoms with Crippen LogP contribution < -0.4 is 0 Å². The molecule has 4 atom stereocenters. The predicted octanol–water partition coefficient (Wildman–Crippen LogP) is 4.11. The van der Waals surface area contributed by atoms with Crippen molar-refractivity contribution in [3.63, 3.8) is 0 Å². The summed E-state index contributed by atoms with van der Waals surface area (Å²) < 4.78 is 5.45. The molecule has 2 fully saturated rings. The van der Waals surface area contributed by atoms with E-state index in [1.54, 1.807) is 13.1 Å². The van der Waals surface area contributed by atoms with Crippen LogP contribution in [0.2, 0.25) is 0 Å². The van der Waals surface area contributed by atoms with Gasteiger partial charge in [0.1, 0.15) is 0 Å². The molecule has 1 N–H and O–H groups in total. The second kappa shape index (κ2) is 6.08. The van der Waals surface area contributed by atoms with Crippen LogP contribution in [0.3, 0.4) is 0 Å². The van der Waals surface area contributed by atoms with Gasteiger partial charge >= 0.3 is 5.97 Å². The number of benzene rings is 1. The smallest absolute Gasteiger partial charge is 0.306 e. The number of rotatable bonds is 5. The van der Waals surface area contributed by atoms with E-state index in [-0.39, 0.29) is 11.8 Å². The minimum absolute atomic E-state index is 0.145. The van der Waals surface area contributed by atoms with Crippen LogP contribution in [0.4, 0.5) is 0 Å². The third kappa shape index (κ3) is 2.74. The fourth-order valence-corrected chi connectivity index (χ4v) is 4.63. The molecule has 2 aromatic rings. The van der Waals surface area contributed by atoms with Crippen LogP contribution >= 0.6 is 0 Å². The number of ketones is 1. The number of carbonyl (C=O) groups is 2. The molecule has 4 nitrogen and oxygen atoms in total. The van der Waals surface area contributed by atoms with Gasteiger partial charge in [0, 0.05) is 29.1 Å². The fraction of sp³-hybridized carbons (Fsp3) is 0.500. The predicted molar refractivity (Wildman–Crippen MR) is 91.7 cm³/mol. The number of hydrogen-bond acceptors (Lipinski definition) is 3. The molecule has 2 aliphatic rings. The van der Waals surface area contributed by atoms with Gasteiger partial charge in [-0.1, -0.05) is 24.6 Å². The van der Waals surface area contributed by atoms with Gasteiger partial charge in [0.15, 0.2) is 6.10 Å². The Hall–Kier alpha value is -2.10. The van der Waals surface area contributed by atoms with Crippen molar-refractivity contribution >= 4 is 22.7 Å². The van der Waals surface area contributed by atoms with Crippen molar-refractivity contribution in [3.8, 4) is 0 Å². The fourth-order valence-electron chi connectivity index (χ4n) is 4.63. The Labute approximate surface area is 141 Å². The number of esters is 1. The molecule has 1 aromatic carbocycles. The second-order valence-electron chi connectivity index (χ2n) is 7.38. The molecule has 0 aliphatic heterocycles. The van der Waals surface area contributed by atoms with E-state index in [1.165, 1.54) is 19.3 Å². The Morgan fingerprint density at radius 2 is 2.08 bits per heavy atom. The molecule has 24 heavy (non-hydrogen) atoms. The lowest BCUT2D eigenvalue weighted by molar-refractivity contribution is -0.147. The van der Waals surface area contributed by atoms with Gasteiger partial charge in [-0.25, -0.2) is 0 Å².